The van der Waals surface area contributed by atoms with Crippen molar-refractivity contribution in [1.82, 2.24) is 0 Å². The van der Waals surface area contributed by atoms with Crippen LogP contribution in [0.5, 0.6) is 0 Å². The molecule has 0 unspecified atom stereocenters. The lowest BCUT2D eigenvalue weighted by molar-refractivity contribution is 1.13. The van der Waals surface area contributed by atoms with Gasteiger partial charge in [-0.15, -0.1) is 0 Å². The van der Waals surface area contributed by atoms with E-state index in [2.05, 4.69) is 171 Å². The van der Waals surface area contributed by atoms with Crippen molar-refractivity contribution in [3.05, 3.63) is 119 Å². The fourth-order valence-corrected chi connectivity index (χ4v) is 3.92. The van der Waals surface area contributed by atoms with E-state index in [1.807, 2.05) is 0 Å². The number of hydrogen-bond acceptors (Lipinski definition) is 3. The predicted molar refractivity (Wildman–Crippen MR) is 160 cm³/mol. The molecule has 3 heteroatoms. The molecule has 0 fully saturated rings. The van der Waals surface area contributed by atoms with Crippen LogP contribution in [0, 0.1) is 0 Å². The van der Waals surface area contributed by atoms with E-state index in [9.17, 15) is 0 Å². The summed E-state index contributed by atoms with van der Waals surface area (Å²) in [6.45, 7) is 0. The topological polar surface area (TPSA) is 9.72 Å². The first-order valence-corrected chi connectivity index (χ1v) is 12.2. The largest absolute Gasteiger partial charge is 0.378 e. The van der Waals surface area contributed by atoms with Crippen molar-refractivity contribution in [1.29, 1.82) is 0 Å². The lowest BCUT2D eigenvalue weighted by Crippen LogP contribution is -2.08. The Balaban J connectivity index is 1.37. The van der Waals surface area contributed by atoms with Crippen molar-refractivity contribution in [3.8, 4) is 0 Å². The Kier molecular flexibility index (Phi) is 7.92. The molecule has 0 amide bonds. The Labute approximate surface area is 216 Å². The summed E-state index contributed by atoms with van der Waals surface area (Å²) in [5.74, 6) is 0. The summed E-state index contributed by atoms with van der Waals surface area (Å²) >= 11 is 0. The van der Waals surface area contributed by atoms with Crippen LogP contribution in [0.4, 0.5) is 22.7 Å². The Morgan fingerprint density at radius 3 is 0.778 bits per heavy atom. The van der Waals surface area contributed by atoms with Gasteiger partial charge in [0, 0.05) is 58.0 Å². The highest BCUT2D eigenvalue weighted by Crippen LogP contribution is 2.25. The first kappa shape index (κ1) is 24.9. The Hall–Kier alpha value is -4.24. The Bertz CT molecular complexity index is 1190. The second-order valence-corrected chi connectivity index (χ2v) is 9.38. The van der Waals surface area contributed by atoms with Crippen molar-refractivity contribution in [2.24, 2.45) is 0 Å². The van der Waals surface area contributed by atoms with E-state index in [0.717, 1.165) is 11.4 Å². The van der Waals surface area contributed by atoms with Crippen LogP contribution in [-0.4, -0.2) is 35.2 Å². The van der Waals surface area contributed by atoms with E-state index in [1.165, 1.54) is 33.6 Å². The quantitative estimate of drug-likeness (QED) is 0.241. The maximum absolute atomic E-state index is 2.21. The molecular weight excluding hydrogens is 438 g/mol. The van der Waals surface area contributed by atoms with Crippen LogP contribution in [0.2, 0.25) is 0 Å². The molecule has 182 valence electrons. The molecule has 0 bridgehead atoms. The highest BCUT2D eigenvalue weighted by molar-refractivity contribution is 5.74. The minimum Gasteiger partial charge on any atom is -0.378 e. The molecule has 0 aromatic heterocycles. The van der Waals surface area contributed by atoms with Crippen LogP contribution in [0.1, 0.15) is 22.3 Å². The predicted octanol–water partition coefficient (Wildman–Crippen LogP) is 7.93. The van der Waals surface area contributed by atoms with Crippen LogP contribution >= 0.6 is 0 Å². The van der Waals surface area contributed by atoms with Gasteiger partial charge in [0.05, 0.1) is 0 Å². The van der Waals surface area contributed by atoms with Gasteiger partial charge in [-0.1, -0.05) is 72.8 Å². The molecule has 4 aromatic rings. The number of benzene rings is 4. The van der Waals surface area contributed by atoms with Crippen molar-refractivity contribution < 1.29 is 0 Å². The molecule has 4 aromatic carbocycles. The second kappa shape index (κ2) is 11.5. The van der Waals surface area contributed by atoms with E-state index in [4.69, 9.17) is 0 Å². The molecule has 0 aliphatic heterocycles. The number of nitrogens with zero attached hydrogens (tertiary/aromatic N) is 3. The fraction of sp³-hybridized carbons (Fsp3) is 0.152. The van der Waals surface area contributed by atoms with Gasteiger partial charge in [0.25, 0.3) is 0 Å². The molecule has 0 aliphatic rings. The van der Waals surface area contributed by atoms with E-state index in [-0.39, 0.29) is 0 Å². The molecule has 0 heterocycles. The first-order chi connectivity index (χ1) is 17.4. The molecule has 36 heavy (non-hydrogen) atoms. The van der Waals surface area contributed by atoms with Crippen LogP contribution in [0.15, 0.2) is 97.1 Å². The normalized spacial score (nSPS) is 11.2. The van der Waals surface area contributed by atoms with Gasteiger partial charge in [-0.2, -0.15) is 0 Å². The lowest BCUT2D eigenvalue weighted by atomic mass is 10.1. The van der Waals surface area contributed by atoms with Gasteiger partial charge in [-0.25, -0.2) is 0 Å². The van der Waals surface area contributed by atoms with Crippen LogP contribution in [-0.2, 0) is 0 Å². The highest BCUT2D eigenvalue weighted by atomic mass is 15.1. The second-order valence-electron chi connectivity index (χ2n) is 9.38. The summed E-state index contributed by atoms with van der Waals surface area (Å²) in [4.78, 5) is 6.43. The zero-order valence-electron chi connectivity index (χ0n) is 21.9. The first-order valence-electron chi connectivity index (χ1n) is 12.2. The molecule has 0 saturated heterocycles. The molecule has 0 N–H and O–H groups in total. The lowest BCUT2D eigenvalue weighted by Gasteiger charge is -2.20. The maximum Gasteiger partial charge on any atom is 0.0408 e. The maximum atomic E-state index is 2.21. The van der Waals surface area contributed by atoms with E-state index >= 15 is 0 Å². The fourth-order valence-electron chi connectivity index (χ4n) is 3.92. The van der Waals surface area contributed by atoms with E-state index in [0.29, 0.717) is 0 Å². The average molecular weight is 474 g/mol. The molecule has 0 spiro atoms. The summed E-state index contributed by atoms with van der Waals surface area (Å²) in [7, 11) is 10.3. The SMILES string of the molecule is CN(C)c1ccc(C=Cc2ccc(N(C)c3ccc(C=Cc4ccc(N(C)C)cc4)cc3)cc2)cc1. The van der Waals surface area contributed by atoms with Crippen LogP contribution in [0.3, 0.4) is 0 Å². The number of anilines is 4. The van der Waals surface area contributed by atoms with Crippen LogP contribution < -0.4 is 14.7 Å². The van der Waals surface area contributed by atoms with Crippen molar-refractivity contribution in [2.75, 3.05) is 49.9 Å². The molecule has 0 atom stereocenters. The molecular formula is C33H35N3. The molecule has 4 rings (SSSR count). The van der Waals surface area contributed by atoms with Gasteiger partial charge in [0.1, 0.15) is 0 Å². The van der Waals surface area contributed by atoms with Crippen molar-refractivity contribution in [2.45, 2.75) is 0 Å². The number of hydrogen-bond donors (Lipinski definition) is 0. The van der Waals surface area contributed by atoms with Gasteiger partial charge in [-0.3, -0.25) is 0 Å². The Morgan fingerprint density at radius 1 is 0.333 bits per heavy atom. The van der Waals surface area contributed by atoms with Gasteiger partial charge in [0.2, 0.25) is 0 Å². The summed E-state index contributed by atoms with van der Waals surface area (Å²) in [6.07, 6.45) is 8.62. The van der Waals surface area contributed by atoms with E-state index in [1.54, 1.807) is 0 Å². The minimum absolute atomic E-state index is 1.16. The molecule has 0 aliphatic carbocycles. The van der Waals surface area contributed by atoms with Crippen molar-refractivity contribution in [3.63, 3.8) is 0 Å². The number of rotatable bonds is 8. The van der Waals surface area contributed by atoms with Crippen molar-refractivity contribution >= 4 is 47.1 Å². The molecule has 3 nitrogen and oxygen atoms in total. The third-order valence-corrected chi connectivity index (χ3v) is 6.32. The van der Waals surface area contributed by atoms with Gasteiger partial charge in [-0.05, 0) is 70.8 Å². The zero-order chi connectivity index (χ0) is 25.5. The summed E-state index contributed by atoms with van der Waals surface area (Å²) in [5.41, 5.74) is 9.49. The summed E-state index contributed by atoms with van der Waals surface area (Å²) in [5, 5.41) is 0. The summed E-state index contributed by atoms with van der Waals surface area (Å²) < 4.78 is 0. The summed E-state index contributed by atoms with van der Waals surface area (Å²) in [6, 6.07) is 34.5. The molecule has 0 radical (unpaired) electrons. The monoisotopic (exact) mass is 473 g/mol. The zero-order valence-corrected chi connectivity index (χ0v) is 21.9. The average Bonchev–Trinajstić information content (AvgIpc) is 2.91. The highest BCUT2D eigenvalue weighted by Gasteiger charge is 2.04. The van der Waals surface area contributed by atoms with E-state index < -0.39 is 0 Å². The standard InChI is InChI=1S/C33H35N3/c1-34(2)30-18-10-26(11-19-30)6-8-28-14-22-32(23-15-28)36(5)33-24-16-29(17-25-33)9-7-27-12-20-31(21-13-27)35(3)4/h6-25H,1-5H3. The van der Waals surface area contributed by atoms with Gasteiger partial charge >= 0.3 is 0 Å². The smallest absolute Gasteiger partial charge is 0.0408 e. The Morgan fingerprint density at radius 2 is 0.556 bits per heavy atom. The van der Waals surface area contributed by atoms with Gasteiger partial charge in [0.15, 0.2) is 0 Å². The third-order valence-electron chi connectivity index (χ3n) is 6.32. The van der Waals surface area contributed by atoms with Crippen LogP contribution in [0.25, 0.3) is 24.3 Å². The third kappa shape index (κ3) is 6.45. The van der Waals surface area contributed by atoms with Gasteiger partial charge < -0.3 is 14.7 Å². The minimum atomic E-state index is 1.16. The molecule has 0 saturated carbocycles.